The van der Waals surface area contributed by atoms with Crippen LogP contribution in [0.3, 0.4) is 0 Å². The Morgan fingerprint density at radius 1 is 1.41 bits per heavy atom. The maximum absolute atomic E-state index is 12.2. The number of carbonyl (C=O) groups excluding carboxylic acids is 1. The largest absolute Gasteiger partial charge is 0.376 e. The molecule has 7 heteroatoms. The minimum atomic E-state index is -0.225. The van der Waals surface area contributed by atoms with E-state index in [1.54, 1.807) is 24.3 Å². The van der Waals surface area contributed by atoms with Gasteiger partial charge in [-0.2, -0.15) is 0 Å². The van der Waals surface area contributed by atoms with Crippen LogP contribution in [0, 0.1) is 0 Å². The topological polar surface area (TPSA) is 86.1 Å². The molecule has 1 atom stereocenters. The van der Waals surface area contributed by atoms with Crippen LogP contribution < -0.4 is 10.9 Å². The molecule has 116 valence electrons. The average Bonchev–Trinajstić information content (AvgIpc) is 3.06. The lowest BCUT2D eigenvalue weighted by molar-refractivity contribution is -0.121. The molecule has 2 aromatic rings. The van der Waals surface area contributed by atoms with E-state index in [1.165, 1.54) is 4.68 Å². The molecule has 1 unspecified atom stereocenters. The smallest absolute Gasteiger partial charge is 0.277 e. The van der Waals surface area contributed by atoms with E-state index in [1.807, 2.05) is 0 Å². The second-order valence-corrected chi connectivity index (χ2v) is 5.32. The Kier molecular flexibility index (Phi) is 4.43. The van der Waals surface area contributed by atoms with Crippen LogP contribution in [0.1, 0.15) is 19.3 Å². The maximum Gasteiger partial charge on any atom is 0.277 e. The SMILES string of the molecule is O=C(CCn1nnc2ccccc2c1=O)NCC1CCCO1. The zero-order valence-electron chi connectivity index (χ0n) is 12.2. The molecular weight excluding hydrogens is 284 g/mol. The fourth-order valence-electron chi connectivity index (χ4n) is 2.50. The summed E-state index contributed by atoms with van der Waals surface area (Å²) in [6.45, 7) is 1.51. The number of hydrogen-bond donors (Lipinski definition) is 1. The van der Waals surface area contributed by atoms with Crippen molar-refractivity contribution < 1.29 is 9.53 Å². The first-order valence-electron chi connectivity index (χ1n) is 7.45. The summed E-state index contributed by atoms with van der Waals surface area (Å²) in [6, 6.07) is 7.03. The van der Waals surface area contributed by atoms with Crippen LogP contribution in [-0.2, 0) is 16.1 Å². The van der Waals surface area contributed by atoms with Crippen LogP contribution in [0.25, 0.3) is 10.9 Å². The van der Waals surface area contributed by atoms with Gasteiger partial charge in [0.25, 0.3) is 5.56 Å². The number of hydrogen-bond acceptors (Lipinski definition) is 5. The molecule has 0 saturated carbocycles. The molecular formula is C15H18N4O3. The number of aryl methyl sites for hydroxylation is 1. The van der Waals surface area contributed by atoms with E-state index in [4.69, 9.17) is 4.74 Å². The molecule has 1 amide bonds. The van der Waals surface area contributed by atoms with Crippen LogP contribution in [-0.4, -0.2) is 40.2 Å². The number of carbonyl (C=O) groups is 1. The van der Waals surface area contributed by atoms with Crippen molar-refractivity contribution in [3.05, 3.63) is 34.6 Å². The summed E-state index contributed by atoms with van der Waals surface area (Å²) in [5.41, 5.74) is 0.337. The third kappa shape index (κ3) is 3.30. The summed E-state index contributed by atoms with van der Waals surface area (Å²) in [7, 11) is 0. The van der Waals surface area contributed by atoms with E-state index in [0.29, 0.717) is 17.4 Å². The van der Waals surface area contributed by atoms with Crippen molar-refractivity contribution in [2.75, 3.05) is 13.2 Å². The van der Waals surface area contributed by atoms with Gasteiger partial charge in [-0.15, -0.1) is 5.10 Å². The summed E-state index contributed by atoms with van der Waals surface area (Å²) in [4.78, 5) is 24.0. The van der Waals surface area contributed by atoms with Crippen molar-refractivity contribution in [1.29, 1.82) is 0 Å². The Balaban J connectivity index is 1.58. The Hall–Kier alpha value is -2.28. The molecule has 1 aliphatic rings. The molecule has 0 radical (unpaired) electrons. The van der Waals surface area contributed by atoms with Gasteiger partial charge in [0, 0.05) is 19.6 Å². The van der Waals surface area contributed by atoms with Crippen molar-refractivity contribution in [1.82, 2.24) is 20.3 Å². The Morgan fingerprint density at radius 2 is 2.27 bits per heavy atom. The fraction of sp³-hybridized carbons (Fsp3) is 0.467. The molecule has 1 saturated heterocycles. The van der Waals surface area contributed by atoms with Crippen molar-refractivity contribution >= 4 is 16.8 Å². The first kappa shape index (κ1) is 14.6. The molecule has 1 N–H and O–H groups in total. The Morgan fingerprint density at radius 3 is 3.09 bits per heavy atom. The lowest BCUT2D eigenvalue weighted by Crippen LogP contribution is -2.33. The van der Waals surface area contributed by atoms with Gasteiger partial charge in [0.1, 0.15) is 5.52 Å². The number of ether oxygens (including phenoxy) is 1. The quantitative estimate of drug-likeness (QED) is 0.868. The second-order valence-electron chi connectivity index (χ2n) is 5.32. The predicted molar refractivity (Wildman–Crippen MR) is 80.4 cm³/mol. The summed E-state index contributed by atoms with van der Waals surface area (Å²) >= 11 is 0. The van der Waals surface area contributed by atoms with Gasteiger partial charge in [-0.25, -0.2) is 4.68 Å². The Labute approximate surface area is 127 Å². The highest BCUT2D eigenvalue weighted by molar-refractivity contribution is 5.77. The highest BCUT2D eigenvalue weighted by atomic mass is 16.5. The molecule has 22 heavy (non-hydrogen) atoms. The Bertz CT molecular complexity index is 722. The highest BCUT2D eigenvalue weighted by Gasteiger charge is 2.16. The molecule has 1 aliphatic heterocycles. The lowest BCUT2D eigenvalue weighted by atomic mass is 10.2. The van der Waals surface area contributed by atoms with Crippen LogP contribution in [0.2, 0.25) is 0 Å². The number of amides is 1. The third-order valence-corrected chi connectivity index (χ3v) is 3.73. The molecule has 7 nitrogen and oxygen atoms in total. The molecule has 0 spiro atoms. The van der Waals surface area contributed by atoms with E-state index in [-0.39, 0.29) is 30.5 Å². The van der Waals surface area contributed by atoms with E-state index in [0.717, 1.165) is 19.4 Å². The fourth-order valence-corrected chi connectivity index (χ4v) is 2.50. The third-order valence-electron chi connectivity index (χ3n) is 3.73. The van der Waals surface area contributed by atoms with Crippen LogP contribution in [0.5, 0.6) is 0 Å². The highest BCUT2D eigenvalue weighted by Crippen LogP contribution is 2.10. The van der Waals surface area contributed by atoms with Crippen molar-refractivity contribution in [3.63, 3.8) is 0 Å². The average molecular weight is 302 g/mol. The monoisotopic (exact) mass is 302 g/mol. The van der Waals surface area contributed by atoms with E-state index in [9.17, 15) is 9.59 Å². The number of nitrogens with one attached hydrogen (secondary N) is 1. The first-order valence-corrected chi connectivity index (χ1v) is 7.45. The standard InChI is InChI=1S/C15H18N4O3/c20-14(16-10-11-4-3-9-22-11)7-8-19-15(21)12-5-1-2-6-13(12)17-18-19/h1-2,5-6,11H,3-4,7-10H2,(H,16,20). The minimum absolute atomic E-state index is 0.114. The number of nitrogens with zero attached hydrogens (tertiary/aromatic N) is 3. The van der Waals surface area contributed by atoms with Crippen molar-refractivity contribution in [2.24, 2.45) is 0 Å². The van der Waals surface area contributed by atoms with Gasteiger partial charge in [-0.1, -0.05) is 17.3 Å². The van der Waals surface area contributed by atoms with Crippen molar-refractivity contribution in [3.8, 4) is 0 Å². The molecule has 1 aromatic heterocycles. The molecule has 3 rings (SSSR count). The molecule has 1 aromatic carbocycles. The van der Waals surface area contributed by atoms with Crippen molar-refractivity contribution in [2.45, 2.75) is 31.9 Å². The molecule has 1 fully saturated rings. The predicted octanol–water partition coefficient (Wildman–Crippen LogP) is 0.477. The maximum atomic E-state index is 12.2. The van der Waals surface area contributed by atoms with Gasteiger partial charge in [-0.3, -0.25) is 9.59 Å². The van der Waals surface area contributed by atoms with Gasteiger partial charge < -0.3 is 10.1 Å². The second kappa shape index (κ2) is 6.65. The first-order chi connectivity index (χ1) is 10.7. The summed E-state index contributed by atoms with van der Waals surface area (Å²) in [6.07, 6.45) is 2.34. The molecule has 2 heterocycles. The van der Waals surface area contributed by atoms with Gasteiger partial charge >= 0.3 is 0 Å². The minimum Gasteiger partial charge on any atom is -0.376 e. The summed E-state index contributed by atoms with van der Waals surface area (Å²) in [5.74, 6) is -0.114. The molecule has 0 aliphatic carbocycles. The van der Waals surface area contributed by atoms with E-state index >= 15 is 0 Å². The van der Waals surface area contributed by atoms with Crippen LogP contribution in [0.4, 0.5) is 0 Å². The zero-order valence-corrected chi connectivity index (χ0v) is 12.2. The zero-order chi connectivity index (χ0) is 15.4. The molecule has 0 bridgehead atoms. The normalized spacial score (nSPS) is 17.7. The van der Waals surface area contributed by atoms with Crippen LogP contribution >= 0.6 is 0 Å². The van der Waals surface area contributed by atoms with Gasteiger partial charge in [0.15, 0.2) is 0 Å². The number of fused-ring (bicyclic) bond motifs is 1. The number of aromatic nitrogens is 3. The summed E-state index contributed by atoms with van der Waals surface area (Å²) in [5, 5.41) is 11.2. The van der Waals surface area contributed by atoms with Gasteiger partial charge in [0.2, 0.25) is 5.91 Å². The lowest BCUT2D eigenvalue weighted by Gasteiger charge is -2.10. The van der Waals surface area contributed by atoms with Gasteiger partial charge in [-0.05, 0) is 25.0 Å². The van der Waals surface area contributed by atoms with E-state index < -0.39 is 0 Å². The number of rotatable bonds is 5. The van der Waals surface area contributed by atoms with Gasteiger partial charge in [0.05, 0.1) is 18.0 Å². The van der Waals surface area contributed by atoms with Crippen LogP contribution in [0.15, 0.2) is 29.1 Å². The summed E-state index contributed by atoms with van der Waals surface area (Å²) < 4.78 is 6.67. The number of benzene rings is 1. The van der Waals surface area contributed by atoms with E-state index in [2.05, 4.69) is 15.6 Å².